The minimum absolute atomic E-state index is 0. The Bertz CT molecular complexity index is 680. The van der Waals surface area contributed by atoms with Gasteiger partial charge >= 0.3 is 0 Å². The second-order valence-corrected chi connectivity index (χ2v) is 7.10. The van der Waals surface area contributed by atoms with Crippen LogP contribution in [-0.2, 0) is 17.8 Å². The first-order chi connectivity index (χ1) is 11.0. The lowest BCUT2D eigenvalue weighted by molar-refractivity contribution is -0.121. The quantitative estimate of drug-likeness (QED) is 0.787. The summed E-state index contributed by atoms with van der Waals surface area (Å²) in [4.78, 5) is 12.3. The average Bonchev–Trinajstić information content (AvgIpc) is 3.16. The maximum Gasteiger partial charge on any atom is 0.244 e. The first-order valence-corrected chi connectivity index (χ1v) is 8.72. The van der Waals surface area contributed by atoms with Crippen molar-refractivity contribution in [3.63, 3.8) is 0 Å². The number of amides is 1. The predicted molar refractivity (Wildman–Crippen MR) is 101 cm³/mol. The van der Waals surface area contributed by atoms with E-state index in [1.54, 1.807) is 6.20 Å². The van der Waals surface area contributed by atoms with E-state index in [-0.39, 0.29) is 18.3 Å². The molecule has 0 aliphatic heterocycles. The number of benzene rings is 1. The number of hydrogen-bond donors (Lipinski definition) is 2. The van der Waals surface area contributed by atoms with Crippen LogP contribution in [0.1, 0.15) is 31.2 Å². The van der Waals surface area contributed by atoms with Gasteiger partial charge in [0.1, 0.15) is 0 Å². The third-order valence-corrected chi connectivity index (χ3v) is 4.80. The van der Waals surface area contributed by atoms with Crippen LogP contribution in [-0.4, -0.2) is 21.2 Å². The Labute approximate surface area is 156 Å². The molecule has 1 aliphatic carbocycles. The van der Waals surface area contributed by atoms with Crippen molar-refractivity contribution in [1.29, 1.82) is 0 Å². The average molecular weight is 414 g/mol. The van der Waals surface area contributed by atoms with Gasteiger partial charge in [-0.2, -0.15) is 5.10 Å². The summed E-state index contributed by atoms with van der Waals surface area (Å²) in [6, 6.07) is 7.94. The molecule has 5 nitrogen and oxygen atoms in total. The molecule has 0 saturated heterocycles. The highest BCUT2D eigenvalue weighted by Crippen LogP contribution is 2.28. The molecule has 1 aliphatic rings. The number of aryl methyl sites for hydroxylation is 2. The standard InChI is InChI=1S/C17H21BrN4O.ClH/c18-14-11-20-22(12-14)10-7-13-3-5-15(6-4-13)21-16(23)17(19)8-1-2-9-17;/h3-6,11-12H,1-2,7-10,19H2,(H,21,23);1H. The van der Waals surface area contributed by atoms with E-state index in [0.717, 1.165) is 48.8 Å². The number of nitrogens with one attached hydrogen (secondary N) is 1. The summed E-state index contributed by atoms with van der Waals surface area (Å²) < 4.78 is 2.89. The first-order valence-electron chi connectivity index (χ1n) is 7.92. The van der Waals surface area contributed by atoms with Gasteiger partial charge in [0.15, 0.2) is 0 Å². The summed E-state index contributed by atoms with van der Waals surface area (Å²) in [6.07, 6.45) is 8.25. The molecule has 2 aromatic rings. The summed E-state index contributed by atoms with van der Waals surface area (Å²) in [5.41, 5.74) is 7.49. The number of carbonyl (C=O) groups excluding carboxylic acids is 1. The molecule has 0 radical (unpaired) electrons. The molecule has 24 heavy (non-hydrogen) atoms. The van der Waals surface area contributed by atoms with Crippen molar-refractivity contribution in [3.05, 3.63) is 46.7 Å². The number of halogens is 2. The summed E-state index contributed by atoms with van der Waals surface area (Å²) in [6.45, 7) is 0.823. The molecule has 1 aromatic heterocycles. The van der Waals surface area contributed by atoms with Gasteiger partial charge in [-0.05, 0) is 52.9 Å². The van der Waals surface area contributed by atoms with Crippen LogP contribution in [0, 0.1) is 0 Å². The first kappa shape index (κ1) is 19.0. The van der Waals surface area contributed by atoms with Gasteiger partial charge in [-0.3, -0.25) is 9.48 Å². The number of aromatic nitrogens is 2. The molecular weight excluding hydrogens is 392 g/mol. The highest BCUT2D eigenvalue weighted by Gasteiger charge is 2.36. The van der Waals surface area contributed by atoms with Gasteiger partial charge in [0.05, 0.1) is 16.2 Å². The number of rotatable bonds is 5. The monoisotopic (exact) mass is 412 g/mol. The predicted octanol–water partition coefficient (Wildman–Crippen LogP) is 3.52. The van der Waals surface area contributed by atoms with E-state index in [9.17, 15) is 4.79 Å². The van der Waals surface area contributed by atoms with E-state index in [1.165, 1.54) is 5.56 Å². The second kappa shape index (κ2) is 8.14. The molecule has 3 rings (SSSR count). The van der Waals surface area contributed by atoms with Crippen molar-refractivity contribution >= 4 is 39.9 Å². The Hall–Kier alpha value is -1.37. The maximum absolute atomic E-state index is 12.3. The number of nitrogens with two attached hydrogens (primary N) is 1. The second-order valence-electron chi connectivity index (χ2n) is 6.19. The van der Waals surface area contributed by atoms with Gasteiger partial charge in [0.25, 0.3) is 0 Å². The largest absolute Gasteiger partial charge is 0.324 e. The maximum atomic E-state index is 12.3. The summed E-state index contributed by atoms with van der Waals surface area (Å²) in [5, 5.41) is 7.18. The lowest BCUT2D eigenvalue weighted by Gasteiger charge is -2.22. The van der Waals surface area contributed by atoms with Crippen molar-refractivity contribution in [2.24, 2.45) is 5.73 Å². The molecule has 7 heteroatoms. The number of hydrogen-bond acceptors (Lipinski definition) is 3. The number of anilines is 1. The van der Waals surface area contributed by atoms with E-state index in [1.807, 2.05) is 35.1 Å². The third-order valence-electron chi connectivity index (χ3n) is 4.39. The van der Waals surface area contributed by atoms with Gasteiger partial charge in [-0.25, -0.2) is 0 Å². The molecule has 1 heterocycles. The molecule has 1 saturated carbocycles. The highest BCUT2D eigenvalue weighted by atomic mass is 79.9. The van der Waals surface area contributed by atoms with E-state index in [2.05, 4.69) is 26.3 Å². The van der Waals surface area contributed by atoms with Crippen molar-refractivity contribution in [2.75, 3.05) is 5.32 Å². The van der Waals surface area contributed by atoms with Crippen LogP contribution in [0.15, 0.2) is 41.1 Å². The van der Waals surface area contributed by atoms with Crippen LogP contribution < -0.4 is 11.1 Å². The number of nitrogens with zero attached hydrogens (tertiary/aromatic N) is 2. The zero-order chi connectivity index (χ0) is 16.3. The topological polar surface area (TPSA) is 72.9 Å². The summed E-state index contributed by atoms with van der Waals surface area (Å²) in [7, 11) is 0. The fourth-order valence-corrected chi connectivity index (χ4v) is 3.28. The smallest absolute Gasteiger partial charge is 0.244 e. The molecule has 0 atom stereocenters. The van der Waals surface area contributed by atoms with Crippen LogP contribution in [0.3, 0.4) is 0 Å². The lowest BCUT2D eigenvalue weighted by atomic mass is 9.98. The zero-order valence-corrected chi connectivity index (χ0v) is 15.8. The molecular formula is C17H22BrClN4O. The van der Waals surface area contributed by atoms with Gasteiger partial charge < -0.3 is 11.1 Å². The van der Waals surface area contributed by atoms with Crippen molar-refractivity contribution in [1.82, 2.24) is 9.78 Å². The molecule has 3 N–H and O–H groups in total. The number of carbonyl (C=O) groups is 1. The molecule has 130 valence electrons. The minimum Gasteiger partial charge on any atom is -0.324 e. The van der Waals surface area contributed by atoms with Crippen molar-refractivity contribution in [2.45, 2.75) is 44.2 Å². The van der Waals surface area contributed by atoms with E-state index >= 15 is 0 Å². The Morgan fingerprint density at radius 2 is 1.96 bits per heavy atom. The summed E-state index contributed by atoms with van der Waals surface area (Å²) >= 11 is 3.39. The molecule has 1 fully saturated rings. The fraction of sp³-hybridized carbons (Fsp3) is 0.412. The molecule has 0 spiro atoms. The molecule has 0 bridgehead atoms. The SMILES string of the molecule is Cl.NC1(C(=O)Nc2ccc(CCn3cc(Br)cn3)cc2)CCCC1. The fourth-order valence-electron chi connectivity index (χ4n) is 2.95. The minimum atomic E-state index is -0.688. The van der Waals surface area contributed by atoms with Gasteiger partial charge in [0, 0.05) is 18.4 Å². The normalized spacial score (nSPS) is 15.8. The van der Waals surface area contributed by atoms with Crippen LogP contribution in [0.5, 0.6) is 0 Å². The third kappa shape index (κ3) is 4.59. The van der Waals surface area contributed by atoms with E-state index in [4.69, 9.17) is 5.73 Å². The Morgan fingerprint density at radius 1 is 1.29 bits per heavy atom. The molecule has 0 unspecified atom stereocenters. The van der Waals surface area contributed by atoms with E-state index < -0.39 is 5.54 Å². The van der Waals surface area contributed by atoms with Gasteiger partial charge in [-0.1, -0.05) is 25.0 Å². The Balaban J connectivity index is 0.00000208. The van der Waals surface area contributed by atoms with E-state index in [0.29, 0.717) is 0 Å². The van der Waals surface area contributed by atoms with Crippen LogP contribution >= 0.6 is 28.3 Å². The van der Waals surface area contributed by atoms with Crippen LogP contribution in [0.25, 0.3) is 0 Å². The molecule has 1 aromatic carbocycles. The van der Waals surface area contributed by atoms with Crippen molar-refractivity contribution in [3.8, 4) is 0 Å². The summed E-state index contributed by atoms with van der Waals surface area (Å²) in [5.74, 6) is -0.0656. The lowest BCUT2D eigenvalue weighted by Crippen LogP contribution is -2.48. The van der Waals surface area contributed by atoms with Gasteiger partial charge in [0.2, 0.25) is 5.91 Å². The zero-order valence-electron chi connectivity index (χ0n) is 13.4. The van der Waals surface area contributed by atoms with Crippen LogP contribution in [0.2, 0.25) is 0 Å². The Kier molecular flexibility index (Phi) is 6.43. The van der Waals surface area contributed by atoms with Gasteiger partial charge in [-0.15, -0.1) is 12.4 Å². The van der Waals surface area contributed by atoms with Crippen LogP contribution in [0.4, 0.5) is 5.69 Å². The highest BCUT2D eigenvalue weighted by molar-refractivity contribution is 9.10. The molecule has 1 amide bonds. The Morgan fingerprint density at radius 3 is 2.54 bits per heavy atom. The van der Waals surface area contributed by atoms with Crippen molar-refractivity contribution < 1.29 is 4.79 Å².